The second-order valence-electron chi connectivity index (χ2n) is 6.61. The van der Waals surface area contributed by atoms with Crippen LogP contribution in [0.25, 0.3) is 0 Å². The molecule has 1 aliphatic rings. The van der Waals surface area contributed by atoms with E-state index in [-0.39, 0.29) is 29.4 Å². The second kappa shape index (κ2) is 8.87. The first kappa shape index (κ1) is 20.2. The average molecular weight is 431 g/mol. The highest BCUT2D eigenvalue weighted by Crippen LogP contribution is 2.37. The Morgan fingerprint density at radius 2 is 1.65 bits per heavy atom. The number of benzene rings is 1. The highest BCUT2D eigenvalue weighted by Gasteiger charge is 2.35. The quantitative estimate of drug-likeness (QED) is 0.418. The van der Waals surface area contributed by atoms with Gasteiger partial charge in [-0.3, -0.25) is 4.99 Å². The maximum atomic E-state index is 5.62. The molecule has 0 spiro atoms. The van der Waals surface area contributed by atoms with E-state index in [0.29, 0.717) is 0 Å². The molecule has 1 aliphatic heterocycles. The summed E-state index contributed by atoms with van der Waals surface area (Å²) in [6.45, 7) is 4.66. The number of aliphatic imine (C=N–C) groups is 1. The molecular formula is C18H30IN3O. The summed E-state index contributed by atoms with van der Waals surface area (Å²) in [6, 6.07) is 8.72. The molecule has 1 saturated heterocycles. The molecule has 0 aliphatic carbocycles. The lowest BCUT2D eigenvalue weighted by Crippen LogP contribution is -2.40. The summed E-state index contributed by atoms with van der Waals surface area (Å²) in [4.78, 5) is 9.10. The van der Waals surface area contributed by atoms with Gasteiger partial charge in [-0.25, -0.2) is 0 Å². The maximum Gasteiger partial charge on any atom is 0.195 e. The number of nitrogens with zero attached hydrogens (tertiary/aromatic N) is 3. The van der Waals surface area contributed by atoms with Crippen LogP contribution in [0.5, 0.6) is 0 Å². The molecule has 0 saturated carbocycles. The number of halogens is 1. The molecule has 1 heterocycles. The van der Waals surface area contributed by atoms with Crippen molar-refractivity contribution in [3.63, 3.8) is 0 Å². The third-order valence-electron chi connectivity index (χ3n) is 4.49. The van der Waals surface area contributed by atoms with Gasteiger partial charge < -0.3 is 14.5 Å². The summed E-state index contributed by atoms with van der Waals surface area (Å²) in [5.74, 6) is 1.01. The van der Waals surface area contributed by atoms with Crippen molar-refractivity contribution in [2.24, 2.45) is 4.99 Å². The van der Waals surface area contributed by atoms with Crippen LogP contribution in [0.3, 0.4) is 0 Å². The number of ether oxygens (including phenoxy) is 1. The predicted molar refractivity (Wildman–Crippen MR) is 108 cm³/mol. The Balaban J connectivity index is 0.00000264. The molecule has 0 N–H and O–H groups in total. The molecule has 2 rings (SSSR count). The van der Waals surface area contributed by atoms with Gasteiger partial charge >= 0.3 is 0 Å². The lowest BCUT2D eigenvalue weighted by Gasteiger charge is -2.38. The van der Waals surface area contributed by atoms with Gasteiger partial charge in [0.15, 0.2) is 5.96 Å². The second-order valence-corrected chi connectivity index (χ2v) is 6.61. The lowest BCUT2D eigenvalue weighted by atomic mass is 9.72. The van der Waals surface area contributed by atoms with Crippen molar-refractivity contribution in [3.8, 4) is 0 Å². The summed E-state index contributed by atoms with van der Waals surface area (Å²) >= 11 is 0. The molecule has 4 nitrogen and oxygen atoms in total. The SMILES string of the molecule is Cc1ccccc1C1(CN=C(N(C)C)N(C)C)CCOCC1.I. The van der Waals surface area contributed by atoms with Gasteiger partial charge in [0.1, 0.15) is 0 Å². The Bertz CT molecular complexity index is 513. The van der Waals surface area contributed by atoms with Crippen LogP contribution in [0.4, 0.5) is 0 Å². The van der Waals surface area contributed by atoms with E-state index in [9.17, 15) is 0 Å². The van der Waals surface area contributed by atoms with E-state index in [0.717, 1.165) is 38.6 Å². The molecular weight excluding hydrogens is 401 g/mol. The van der Waals surface area contributed by atoms with Crippen LogP contribution >= 0.6 is 24.0 Å². The third-order valence-corrected chi connectivity index (χ3v) is 4.49. The minimum Gasteiger partial charge on any atom is -0.381 e. The van der Waals surface area contributed by atoms with Gasteiger partial charge in [-0.1, -0.05) is 24.3 Å². The zero-order valence-electron chi connectivity index (χ0n) is 15.0. The largest absolute Gasteiger partial charge is 0.381 e. The van der Waals surface area contributed by atoms with Crippen molar-refractivity contribution in [2.75, 3.05) is 47.9 Å². The Kier molecular flexibility index (Phi) is 7.80. The van der Waals surface area contributed by atoms with Crippen molar-refractivity contribution in [1.29, 1.82) is 0 Å². The zero-order valence-corrected chi connectivity index (χ0v) is 17.3. The van der Waals surface area contributed by atoms with Crippen LogP contribution in [0.15, 0.2) is 29.3 Å². The summed E-state index contributed by atoms with van der Waals surface area (Å²) in [6.07, 6.45) is 2.07. The fourth-order valence-electron chi connectivity index (χ4n) is 3.35. The molecule has 23 heavy (non-hydrogen) atoms. The fourth-order valence-corrected chi connectivity index (χ4v) is 3.35. The monoisotopic (exact) mass is 431 g/mol. The van der Waals surface area contributed by atoms with Gasteiger partial charge in [0.25, 0.3) is 0 Å². The van der Waals surface area contributed by atoms with Crippen molar-refractivity contribution >= 4 is 29.9 Å². The van der Waals surface area contributed by atoms with E-state index in [1.165, 1.54) is 11.1 Å². The number of rotatable bonds is 3. The van der Waals surface area contributed by atoms with E-state index >= 15 is 0 Å². The standard InChI is InChI=1S/C18H29N3O.HI/c1-15-8-6-7-9-16(15)18(10-12-22-13-11-18)14-19-17(20(2)3)21(4)5;/h6-9H,10-14H2,1-5H3;1H. The van der Waals surface area contributed by atoms with E-state index in [1.807, 2.05) is 28.2 Å². The molecule has 1 fully saturated rings. The topological polar surface area (TPSA) is 28.1 Å². The molecule has 0 aromatic heterocycles. The van der Waals surface area contributed by atoms with Crippen LogP contribution < -0.4 is 0 Å². The first-order valence-corrected chi connectivity index (χ1v) is 7.99. The molecule has 0 amide bonds. The summed E-state index contributed by atoms with van der Waals surface area (Å²) in [5.41, 5.74) is 2.88. The van der Waals surface area contributed by atoms with E-state index in [4.69, 9.17) is 9.73 Å². The van der Waals surface area contributed by atoms with Gasteiger partial charge in [-0.15, -0.1) is 24.0 Å². The number of aryl methyl sites for hydroxylation is 1. The molecule has 0 bridgehead atoms. The Morgan fingerprint density at radius 1 is 1.09 bits per heavy atom. The summed E-state index contributed by atoms with van der Waals surface area (Å²) < 4.78 is 5.62. The van der Waals surface area contributed by atoms with Crippen molar-refractivity contribution in [3.05, 3.63) is 35.4 Å². The van der Waals surface area contributed by atoms with Crippen molar-refractivity contribution in [1.82, 2.24) is 9.80 Å². The molecule has 0 unspecified atom stereocenters. The molecule has 1 aromatic rings. The van der Waals surface area contributed by atoms with Crippen LogP contribution in [-0.2, 0) is 10.2 Å². The van der Waals surface area contributed by atoms with E-state index < -0.39 is 0 Å². The minimum absolute atomic E-state index is 0. The van der Waals surface area contributed by atoms with Crippen LogP contribution in [-0.4, -0.2) is 63.7 Å². The first-order chi connectivity index (χ1) is 10.5. The van der Waals surface area contributed by atoms with Crippen molar-refractivity contribution in [2.45, 2.75) is 25.2 Å². The van der Waals surface area contributed by atoms with Gasteiger partial charge in [0, 0.05) is 46.8 Å². The van der Waals surface area contributed by atoms with E-state index in [2.05, 4.69) is 41.0 Å². The smallest absolute Gasteiger partial charge is 0.195 e. The number of guanidine groups is 1. The van der Waals surface area contributed by atoms with E-state index in [1.54, 1.807) is 0 Å². The Hall–Kier alpha value is -0.820. The lowest BCUT2D eigenvalue weighted by molar-refractivity contribution is 0.0528. The maximum absolute atomic E-state index is 5.62. The van der Waals surface area contributed by atoms with Gasteiger partial charge in [-0.05, 0) is 30.9 Å². The molecule has 0 radical (unpaired) electrons. The zero-order chi connectivity index (χ0) is 16.2. The van der Waals surface area contributed by atoms with Crippen LogP contribution in [0.1, 0.15) is 24.0 Å². The third kappa shape index (κ3) is 4.83. The first-order valence-electron chi connectivity index (χ1n) is 7.99. The molecule has 130 valence electrons. The van der Waals surface area contributed by atoms with Crippen LogP contribution in [0.2, 0.25) is 0 Å². The van der Waals surface area contributed by atoms with Gasteiger partial charge in [-0.2, -0.15) is 0 Å². The Labute approximate surface area is 157 Å². The van der Waals surface area contributed by atoms with Gasteiger partial charge in [0.2, 0.25) is 0 Å². The minimum atomic E-state index is 0. The Morgan fingerprint density at radius 3 is 2.17 bits per heavy atom. The average Bonchev–Trinajstić information content (AvgIpc) is 2.48. The molecule has 5 heteroatoms. The highest BCUT2D eigenvalue weighted by atomic mass is 127. The normalized spacial score (nSPS) is 16.2. The summed E-state index contributed by atoms with van der Waals surface area (Å²) in [5, 5.41) is 0. The summed E-state index contributed by atoms with van der Waals surface area (Å²) in [7, 11) is 8.18. The van der Waals surface area contributed by atoms with Gasteiger partial charge in [0.05, 0.1) is 6.54 Å². The fraction of sp³-hybridized carbons (Fsp3) is 0.611. The molecule has 0 atom stereocenters. The predicted octanol–water partition coefficient (Wildman–Crippen LogP) is 3.14. The number of hydrogen-bond acceptors (Lipinski definition) is 2. The highest BCUT2D eigenvalue weighted by molar-refractivity contribution is 14.0. The number of hydrogen-bond donors (Lipinski definition) is 0. The van der Waals surface area contributed by atoms with Crippen molar-refractivity contribution < 1.29 is 4.74 Å². The van der Waals surface area contributed by atoms with Crippen LogP contribution in [0, 0.1) is 6.92 Å². The molecule has 1 aromatic carbocycles.